The van der Waals surface area contributed by atoms with Crippen LogP contribution in [0.1, 0.15) is 31.7 Å². The number of rotatable bonds is 8. The van der Waals surface area contributed by atoms with Gasteiger partial charge in [0, 0.05) is 0 Å². The second kappa shape index (κ2) is 10.6. The molecule has 0 unspecified atom stereocenters. The summed E-state index contributed by atoms with van der Waals surface area (Å²) in [6.45, 7) is 2.82. The van der Waals surface area contributed by atoms with Gasteiger partial charge in [-0.15, -0.1) is 0 Å². The summed E-state index contributed by atoms with van der Waals surface area (Å²) in [5, 5.41) is 12.5. The summed E-state index contributed by atoms with van der Waals surface area (Å²) in [7, 11) is 0. The fraction of sp³-hybridized carbons (Fsp3) is 0.238. The summed E-state index contributed by atoms with van der Waals surface area (Å²) in [6, 6.07) is 14.0. The molecule has 0 fully saturated rings. The molecule has 1 N–H and O–H groups in total. The van der Waals surface area contributed by atoms with Crippen LogP contribution < -0.4 is 10.1 Å². The zero-order valence-electron chi connectivity index (χ0n) is 15.0. The van der Waals surface area contributed by atoms with Gasteiger partial charge < -0.3 is 10.1 Å². The quantitative estimate of drug-likeness (QED) is 0.329. The van der Waals surface area contributed by atoms with Crippen molar-refractivity contribution in [2.45, 2.75) is 26.2 Å². The van der Waals surface area contributed by atoms with E-state index in [1.54, 1.807) is 30.3 Å². The lowest BCUT2D eigenvalue weighted by molar-refractivity contribution is -0.112. The fourth-order valence-corrected chi connectivity index (χ4v) is 2.81. The summed E-state index contributed by atoms with van der Waals surface area (Å²) in [5.41, 5.74) is 0.943. The van der Waals surface area contributed by atoms with Crippen LogP contribution in [0.15, 0.2) is 48.0 Å². The second-order valence-corrected chi connectivity index (χ2v) is 6.66. The second-order valence-electron chi connectivity index (χ2n) is 5.85. The first kappa shape index (κ1) is 20.8. The van der Waals surface area contributed by atoms with Crippen molar-refractivity contribution < 1.29 is 9.53 Å². The lowest BCUT2D eigenvalue weighted by Crippen LogP contribution is -2.14. The highest BCUT2D eigenvalue weighted by Gasteiger charge is 2.13. The molecule has 0 saturated heterocycles. The van der Waals surface area contributed by atoms with Crippen LogP contribution in [-0.4, -0.2) is 12.5 Å². The molecule has 0 aromatic heterocycles. The van der Waals surface area contributed by atoms with Gasteiger partial charge in [0.1, 0.15) is 17.4 Å². The number of amides is 1. The number of unbranched alkanes of at least 4 members (excludes halogenated alkanes) is 2. The van der Waals surface area contributed by atoms with E-state index in [4.69, 9.17) is 27.9 Å². The summed E-state index contributed by atoms with van der Waals surface area (Å²) in [4.78, 5) is 12.4. The first-order valence-electron chi connectivity index (χ1n) is 8.65. The molecular formula is C21H20Cl2N2O2. The van der Waals surface area contributed by atoms with Crippen molar-refractivity contribution in [1.82, 2.24) is 0 Å². The zero-order chi connectivity index (χ0) is 19.6. The molecule has 2 aromatic carbocycles. The average Bonchev–Trinajstić information content (AvgIpc) is 2.67. The van der Waals surface area contributed by atoms with E-state index >= 15 is 0 Å². The van der Waals surface area contributed by atoms with Gasteiger partial charge >= 0.3 is 0 Å². The van der Waals surface area contributed by atoms with Crippen molar-refractivity contribution in [1.29, 1.82) is 5.26 Å². The average molecular weight is 403 g/mol. The lowest BCUT2D eigenvalue weighted by Gasteiger charge is -2.08. The van der Waals surface area contributed by atoms with Crippen molar-refractivity contribution in [3.8, 4) is 11.8 Å². The number of nitriles is 1. The van der Waals surface area contributed by atoms with Crippen LogP contribution in [0, 0.1) is 11.3 Å². The number of halogens is 2. The minimum atomic E-state index is -0.576. The summed E-state index contributed by atoms with van der Waals surface area (Å²) in [6.07, 6.45) is 4.80. The van der Waals surface area contributed by atoms with E-state index in [1.807, 2.05) is 18.2 Å². The normalized spacial score (nSPS) is 11.0. The Hall–Kier alpha value is -2.48. The van der Waals surface area contributed by atoms with Gasteiger partial charge in [-0.3, -0.25) is 4.79 Å². The van der Waals surface area contributed by atoms with Crippen molar-refractivity contribution in [3.63, 3.8) is 0 Å². The van der Waals surface area contributed by atoms with Crippen LogP contribution in [0.2, 0.25) is 10.0 Å². The topological polar surface area (TPSA) is 62.1 Å². The molecule has 2 rings (SSSR count). The Morgan fingerprint density at radius 2 is 1.81 bits per heavy atom. The van der Waals surface area contributed by atoms with Gasteiger partial charge in [-0.2, -0.15) is 5.26 Å². The third-order valence-electron chi connectivity index (χ3n) is 3.77. The van der Waals surface area contributed by atoms with E-state index < -0.39 is 5.91 Å². The molecule has 0 bridgehead atoms. The van der Waals surface area contributed by atoms with Crippen molar-refractivity contribution >= 4 is 40.9 Å². The SMILES string of the molecule is CCCCCOc1ccc(/C=C(\C#N)C(=O)Nc2c(Cl)cccc2Cl)cc1. The predicted octanol–water partition coefficient (Wildman–Crippen LogP) is 6.11. The van der Waals surface area contributed by atoms with E-state index in [2.05, 4.69) is 12.2 Å². The van der Waals surface area contributed by atoms with E-state index in [0.29, 0.717) is 22.2 Å². The van der Waals surface area contributed by atoms with Crippen LogP contribution in [0.25, 0.3) is 6.08 Å². The standard InChI is InChI=1S/C21H20Cl2N2O2/c1-2-3-4-12-27-17-10-8-15(9-11-17)13-16(14-24)21(26)25-20-18(22)6-5-7-19(20)23/h5-11,13H,2-4,12H2,1H3,(H,25,26)/b16-13+. The van der Waals surface area contributed by atoms with Gasteiger partial charge in [-0.1, -0.05) is 61.2 Å². The highest BCUT2D eigenvalue weighted by molar-refractivity contribution is 6.40. The summed E-state index contributed by atoms with van der Waals surface area (Å²) < 4.78 is 5.65. The first-order valence-corrected chi connectivity index (χ1v) is 9.40. The molecule has 1 amide bonds. The summed E-state index contributed by atoms with van der Waals surface area (Å²) >= 11 is 12.1. The lowest BCUT2D eigenvalue weighted by atomic mass is 10.1. The molecule has 0 atom stereocenters. The van der Waals surface area contributed by atoms with Gasteiger partial charge in [0.05, 0.1) is 22.3 Å². The predicted molar refractivity (Wildman–Crippen MR) is 110 cm³/mol. The minimum Gasteiger partial charge on any atom is -0.494 e. The van der Waals surface area contributed by atoms with Gasteiger partial charge in [-0.05, 0) is 42.3 Å². The summed E-state index contributed by atoms with van der Waals surface area (Å²) in [5.74, 6) is 0.182. The van der Waals surface area contributed by atoms with Crippen LogP contribution in [-0.2, 0) is 4.79 Å². The molecule has 27 heavy (non-hydrogen) atoms. The molecule has 6 heteroatoms. The maximum atomic E-state index is 12.4. The number of carbonyl (C=O) groups excluding carboxylic acids is 1. The monoisotopic (exact) mass is 402 g/mol. The number of carbonyl (C=O) groups is 1. The van der Waals surface area contributed by atoms with E-state index in [0.717, 1.165) is 25.0 Å². The number of benzene rings is 2. The molecule has 0 saturated carbocycles. The number of ether oxygens (including phenoxy) is 1. The maximum absolute atomic E-state index is 12.4. The first-order chi connectivity index (χ1) is 13.0. The number of nitrogens with one attached hydrogen (secondary N) is 1. The zero-order valence-corrected chi connectivity index (χ0v) is 16.5. The number of hydrogen-bond acceptors (Lipinski definition) is 3. The molecular weight excluding hydrogens is 383 g/mol. The third kappa shape index (κ3) is 6.32. The smallest absolute Gasteiger partial charge is 0.266 e. The Bertz CT molecular complexity index is 835. The van der Waals surface area contributed by atoms with Gasteiger partial charge in [0.15, 0.2) is 0 Å². The van der Waals surface area contributed by atoms with Crippen molar-refractivity contribution in [3.05, 3.63) is 63.6 Å². The van der Waals surface area contributed by atoms with Crippen molar-refractivity contribution in [2.75, 3.05) is 11.9 Å². The van der Waals surface area contributed by atoms with Crippen LogP contribution in [0.4, 0.5) is 5.69 Å². The highest BCUT2D eigenvalue weighted by Crippen LogP contribution is 2.30. The van der Waals surface area contributed by atoms with E-state index in [1.165, 1.54) is 6.08 Å². The largest absolute Gasteiger partial charge is 0.494 e. The number of anilines is 1. The molecule has 4 nitrogen and oxygen atoms in total. The molecule has 2 aromatic rings. The van der Waals surface area contributed by atoms with Gasteiger partial charge in [-0.25, -0.2) is 0 Å². The molecule has 0 heterocycles. The number of para-hydroxylation sites is 1. The van der Waals surface area contributed by atoms with Crippen LogP contribution >= 0.6 is 23.2 Å². The van der Waals surface area contributed by atoms with Crippen molar-refractivity contribution in [2.24, 2.45) is 0 Å². The number of nitrogens with zero attached hydrogens (tertiary/aromatic N) is 1. The van der Waals surface area contributed by atoms with Crippen LogP contribution in [0.3, 0.4) is 0 Å². The Morgan fingerprint density at radius 3 is 2.41 bits per heavy atom. The molecule has 0 aliphatic carbocycles. The molecule has 0 aliphatic heterocycles. The molecule has 0 radical (unpaired) electrons. The Balaban J connectivity index is 2.06. The Kier molecular flexibility index (Phi) is 8.19. The third-order valence-corrected chi connectivity index (χ3v) is 4.40. The van der Waals surface area contributed by atoms with Gasteiger partial charge in [0.2, 0.25) is 0 Å². The van der Waals surface area contributed by atoms with Crippen LogP contribution in [0.5, 0.6) is 5.75 Å². The highest BCUT2D eigenvalue weighted by atomic mass is 35.5. The van der Waals surface area contributed by atoms with E-state index in [9.17, 15) is 10.1 Å². The molecule has 140 valence electrons. The van der Waals surface area contributed by atoms with E-state index in [-0.39, 0.29) is 11.3 Å². The maximum Gasteiger partial charge on any atom is 0.266 e. The Labute approximate surface area is 169 Å². The minimum absolute atomic E-state index is 0.0531. The molecule has 0 aliphatic rings. The van der Waals surface area contributed by atoms with Gasteiger partial charge in [0.25, 0.3) is 5.91 Å². The number of hydrogen-bond donors (Lipinski definition) is 1. The molecule has 0 spiro atoms. The Morgan fingerprint density at radius 1 is 1.15 bits per heavy atom. The fourth-order valence-electron chi connectivity index (χ4n) is 2.32.